The maximum atomic E-state index is 13.2. The van der Waals surface area contributed by atoms with Crippen molar-refractivity contribution in [3.63, 3.8) is 0 Å². The van der Waals surface area contributed by atoms with Crippen LogP contribution in [-0.2, 0) is 20.9 Å². The minimum Gasteiger partial charge on any atom is -0.376 e. The van der Waals surface area contributed by atoms with Crippen molar-refractivity contribution in [3.05, 3.63) is 22.4 Å². The summed E-state index contributed by atoms with van der Waals surface area (Å²) in [6, 6.07) is 3.51. The average molecular weight is 420 g/mol. The summed E-state index contributed by atoms with van der Waals surface area (Å²) in [5, 5.41) is 4.91. The van der Waals surface area contributed by atoms with Crippen LogP contribution in [0.5, 0.6) is 0 Å². The predicted molar refractivity (Wildman–Crippen MR) is 109 cm³/mol. The Bertz CT molecular complexity index is 762. The number of amides is 4. The molecule has 1 aliphatic carbocycles. The molecule has 1 aromatic rings. The highest BCUT2D eigenvalue weighted by molar-refractivity contribution is 7.09. The van der Waals surface area contributed by atoms with Gasteiger partial charge in [-0.25, -0.2) is 4.79 Å². The molecular weight excluding hydrogens is 390 g/mol. The van der Waals surface area contributed by atoms with Gasteiger partial charge in [-0.2, -0.15) is 0 Å². The molecule has 3 heterocycles. The average Bonchev–Trinajstić information content (AvgIpc) is 3.44. The van der Waals surface area contributed by atoms with Gasteiger partial charge in [-0.15, -0.1) is 11.3 Å². The second-order valence-corrected chi connectivity index (χ2v) is 9.46. The number of carbonyl (C=O) groups is 3. The zero-order chi connectivity index (χ0) is 20.4. The first kappa shape index (κ1) is 20.3. The molecule has 1 saturated carbocycles. The number of imide groups is 1. The monoisotopic (exact) mass is 419 g/mol. The third-order valence-electron chi connectivity index (χ3n) is 6.52. The summed E-state index contributed by atoms with van der Waals surface area (Å²) in [4.78, 5) is 42.9. The Balaban J connectivity index is 1.47. The maximum absolute atomic E-state index is 13.2. The van der Waals surface area contributed by atoms with Crippen molar-refractivity contribution in [1.29, 1.82) is 0 Å². The molecular formula is C21H29N3O4S. The van der Waals surface area contributed by atoms with Crippen molar-refractivity contribution in [2.45, 2.75) is 63.6 Å². The molecule has 3 fully saturated rings. The summed E-state index contributed by atoms with van der Waals surface area (Å²) in [5.74, 6) is -0.365. The van der Waals surface area contributed by atoms with E-state index in [0.717, 1.165) is 48.5 Å². The Kier molecular flexibility index (Phi) is 5.92. The second kappa shape index (κ2) is 8.44. The standard InChI is InChI=1S/C21H29N3O4S/c1-15-6-2-3-9-21(15)19(26)24(20(27)22-21)14-18(25)23(12-16-7-4-10-28-16)13-17-8-5-11-29-17/h5,8,11,15-16H,2-4,6-7,9-10,12-14H2,1H3,(H,22,27). The molecule has 29 heavy (non-hydrogen) atoms. The molecule has 2 aliphatic heterocycles. The smallest absolute Gasteiger partial charge is 0.325 e. The van der Waals surface area contributed by atoms with Gasteiger partial charge in [-0.05, 0) is 43.0 Å². The number of ether oxygens (including phenoxy) is 1. The van der Waals surface area contributed by atoms with Crippen LogP contribution in [0.25, 0.3) is 0 Å². The minimum absolute atomic E-state index is 0.0201. The summed E-state index contributed by atoms with van der Waals surface area (Å²) in [6.07, 6.45) is 5.50. The Morgan fingerprint density at radius 3 is 2.90 bits per heavy atom. The van der Waals surface area contributed by atoms with Crippen LogP contribution in [-0.4, -0.2) is 59.0 Å². The van der Waals surface area contributed by atoms with Gasteiger partial charge in [0.05, 0.1) is 12.6 Å². The molecule has 0 aromatic carbocycles. The lowest BCUT2D eigenvalue weighted by Crippen LogP contribution is -2.54. The lowest BCUT2D eigenvalue weighted by Gasteiger charge is -2.36. The Hall–Kier alpha value is -1.93. The van der Waals surface area contributed by atoms with E-state index in [1.165, 1.54) is 0 Å². The summed E-state index contributed by atoms with van der Waals surface area (Å²) in [6.45, 7) is 3.49. The van der Waals surface area contributed by atoms with Crippen molar-refractivity contribution in [3.8, 4) is 0 Å². The Labute approximate surface area is 175 Å². The highest BCUT2D eigenvalue weighted by Crippen LogP contribution is 2.38. The predicted octanol–water partition coefficient (Wildman–Crippen LogP) is 2.76. The number of nitrogens with one attached hydrogen (secondary N) is 1. The number of hydrogen-bond acceptors (Lipinski definition) is 5. The van der Waals surface area contributed by atoms with E-state index in [4.69, 9.17) is 4.74 Å². The number of carbonyl (C=O) groups excluding carboxylic acids is 3. The molecule has 1 spiro atoms. The topological polar surface area (TPSA) is 79.0 Å². The first-order valence-corrected chi connectivity index (χ1v) is 11.4. The summed E-state index contributed by atoms with van der Waals surface area (Å²) >= 11 is 1.59. The lowest BCUT2D eigenvalue weighted by atomic mass is 9.73. The van der Waals surface area contributed by atoms with Crippen LogP contribution < -0.4 is 5.32 Å². The van der Waals surface area contributed by atoms with E-state index in [2.05, 4.69) is 5.32 Å². The summed E-state index contributed by atoms with van der Waals surface area (Å²) in [7, 11) is 0. The van der Waals surface area contributed by atoms with Crippen LogP contribution >= 0.6 is 11.3 Å². The number of nitrogens with zero attached hydrogens (tertiary/aromatic N) is 2. The molecule has 7 nitrogen and oxygen atoms in total. The van der Waals surface area contributed by atoms with E-state index < -0.39 is 11.6 Å². The van der Waals surface area contributed by atoms with Crippen LogP contribution in [0.15, 0.2) is 17.5 Å². The normalized spacial score (nSPS) is 29.5. The number of rotatable bonds is 6. The summed E-state index contributed by atoms with van der Waals surface area (Å²) in [5.41, 5.74) is -0.831. The SMILES string of the molecule is CC1CCCCC12NC(=O)N(CC(=O)N(Cc1cccs1)CC1CCCO1)C2=O. The molecule has 0 bridgehead atoms. The fourth-order valence-electron chi connectivity index (χ4n) is 4.75. The van der Waals surface area contributed by atoms with Gasteiger partial charge in [0.2, 0.25) is 5.91 Å². The maximum Gasteiger partial charge on any atom is 0.325 e. The summed E-state index contributed by atoms with van der Waals surface area (Å²) < 4.78 is 5.72. The number of hydrogen-bond donors (Lipinski definition) is 1. The molecule has 4 rings (SSSR count). The minimum atomic E-state index is -0.831. The molecule has 1 N–H and O–H groups in total. The molecule has 2 saturated heterocycles. The van der Waals surface area contributed by atoms with Crippen molar-refractivity contribution < 1.29 is 19.1 Å². The fourth-order valence-corrected chi connectivity index (χ4v) is 5.47. The highest BCUT2D eigenvalue weighted by Gasteiger charge is 2.55. The van der Waals surface area contributed by atoms with Crippen LogP contribution in [0.3, 0.4) is 0 Å². The fraction of sp³-hybridized carbons (Fsp3) is 0.667. The quantitative estimate of drug-likeness (QED) is 0.719. The zero-order valence-electron chi connectivity index (χ0n) is 16.9. The molecule has 3 atom stereocenters. The second-order valence-electron chi connectivity index (χ2n) is 8.43. The molecule has 3 unspecified atom stereocenters. The number of thiophene rings is 1. The molecule has 8 heteroatoms. The van der Waals surface area contributed by atoms with Gasteiger partial charge in [0.25, 0.3) is 5.91 Å². The van der Waals surface area contributed by atoms with E-state index in [0.29, 0.717) is 19.5 Å². The molecule has 3 aliphatic rings. The molecule has 4 amide bonds. The van der Waals surface area contributed by atoms with Gasteiger partial charge in [0, 0.05) is 18.0 Å². The van der Waals surface area contributed by atoms with Gasteiger partial charge in [0.15, 0.2) is 0 Å². The Morgan fingerprint density at radius 1 is 1.34 bits per heavy atom. The molecule has 1 aromatic heterocycles. The van der Waals surface area contributed by atoms with Crippen molar-refractivity contribution >= 4 is 29.2 Å². The zero-order valence-corrected chi connectivity index (χ0v) is 17.7. The number of urea groups is 1. The lowest BCUT2D eigenvalue weighted by molar-refractivity contribution is -0.141. The van der Waals surface area contributed by atoms with Gasteiger partial charge in [-0.3, -0.25) is 14.5 Å². The molecule has 158 valence electrons. The van der Waals surface area contributed by atoms with Crippen molar-refractivity contribution in [2.75, 3.05) is 19.7 Å². The largest absolute Gasteiger partial charge is 0.376 e. The van der Waals surface area contributed by atoms with Crippen molar-refractivity contribution in [2.24, 2.45) is 5.92 Å². The van der Waals surface area contributed by atoms with E-state index in [-0.39, 0.29) is 30.4 Å². The third kappa shape index (κ3) is 4.05. The van der Waals surface area contributed by atoms with Gasteiger partial charge in [0.1, 0.15) is 12.1 Å². The van der Waals surface area contributed by atoms with Crippen LogP contribution in [0, 0.1) is 5.92 Å². The van der Waals surface area contributed by atoms with Gasteiger partial charge >= 0.3 is 6.03 Å². The first-order chi connectivity index (χ1) is 14.0. The Morgan fingerprint density at radius 2 is 2.21 bits per heavy atom. The van der Waals surface area contributed by atoms with E-state index >= 15 is 0 Å². The molecule has 0 radical (unpaired) electrons. The first-order valence-electron chi connectivity index (χ1n) is 10.6. The third-order valence-corrected chi connectivity index (χ3v) is 7.38. The van der Waals surface area contributed by atoms with E-state index in [9.17, 15) is 14.4 Å². The van der Waals surface area contributed by atoms with Crippen LogP contribution in [0.4, 0.5) is 4.79 Å². The van der Waals surface area contributed by atoms with Gasteiger partial charge in [-0.1, -0.05) is 25.8 Å². The van der Waals surface area contributed by atoms with Crippen LogP contribution in [0.2, 0.25) is 0 Å². The van der Waals surface area contributed by atoms with Crippen molar-refractivity contribution in [1.82, 2.24) is 15.1 Å². The van der Waals surface area contributed by atoms with E-state index in [1.54, 1.807) is 16.2 Å². The van der Waals surface area contributed by atoms with Crippen LogP contribution in [0.1, 0.15) is 50.3 Å². The highest BCUT2D eigenvalue weighted by atomic mass is 32.1. The van der Waals surface area contributed by atoms with E-state index in [1.807, 2.05) is 24.4 Å². The van der Waals surface area contributed by atoms with Gasteiger partial charge < -0.3 is 15.0 Å².